The molecule has 0 aliphatic heterocycles. The second-order valence-electron chi connectivity index (χ2n) is 8.41. The van der Waals surface area contributed by atoms with Crippen molar-refractivity contribution in [3.05, 3.63) is 81.8 Å². The number of rotatable bonds is 1. The van der Waals surface area contributed by atoms with Crippen LogP contribution < -0.4 is 0 Å². The molecule has 5 aromatic rings. The minimum atomic E-state index is -0.225. The third-order valence-electron chi connectivity index (χ3n) is 6.95. The highest BCUT2D eigenvalue weighted by Crippen LogP contribution is 2.39. The highest BCUT2D eigenvalue weighted by Gasteiger charge is 2.22. The van der Waals surface area contributed by atoms with Gasteiger partial charge in [-0.1, -0.05) is 18.2 Å². The van der Waals surface area contributed by atoms with Crippen molar-refractivity contribution >= 4 is 27.3 Å². The molecule has 3 heteroatoms. The SMILES string of the molecule is Cc1nc2c3ccc(F)cc3c3ccccc3n2c1-c1c(C)c(C)c(C)c(C)c1C. The molecule has 2 nitrogen and oxygen atoms in total. The predicted molar refractivity (Wildman–Crippen MR) is 124 cm³/mol. The number of para-hydroxylation sites is 1. The fourth-order valence-corrected chi connectivity index (χ4v) is 4.92. The van der Waals surface area contributed by atoms with Crippen LogP contribution in [0.5, 0.6) is 0 Å². The van der Waals surface area contributed by atoms with Gasteiger partial charge in [0.1, 0.15) is 11.5 Å². The summed E-state index contributed by atoms with van der Waals surface area (Å²) in [4.78, 5) is 5.00. The van der Waals surface area contributed by atoms with Gasteiger partial charge in [-0.25, -0.2) is 9.37 Å². The molecule has 5 rings (SSSR count). The molecule has 0 aliphatic rings. The van der Waals surface area contributed by atoms with Crippen molar-refractivity contribution in [2.75, 3.05) is 0 Å². The third-order valence-corrected chi connectivity index (χ3v) is 6.95. The van der Waals surface area contributed by atoms with Gasteiger partial charge in [0.25, 0.3) is 0 Å². The van der Waals surface area contributed by atoms with Crippen LogP contribution >= 0.6 is 0 Å². The molecule has 0 unspecified atom stereocenters. The molecule has 150 valence electrons. The number of fused-ring (bicyclic) bond motifs is 6. The monoisotopic (exact) mass is 396 g/mol. The average Bonchev–Trinajstić information content (AvgIpc) is 3.08. The van der Waals surface area contributed by atoms with Gasteiger partial charge in [0, 0.05) is 16.3 Å². The van der Waals surface area contributed by atoms with Crippen LogP contribution in [0.2, 0.25) is 0 Å². The van der Waals surface area contributed by atoms with Gasteiger partial charge < -0.3 is 0 Å². The Bertz CT molecular complexity index is 1480. The zero-order valence-corrected chi connectivity index (χ0v) is 18.3. The van der Waals surface area contributed by atoms with Crippen LogP contribution in [-0.4, -0.2) is 9.38 Å². The Morgan fingerprint density at radius 1 is 0.700 bits per heavy atom. The zero-order valence-electron chi connectivity index (χ0n) is 18.3. The highest BCUT2D eigenvalue weighted by molar-refractivity contribution is 6.12. The minimum absolute atomic E-state index is 0.225. The molecule has 0 fully saturated rings. The fourth-order valence-electron chi connectivity index (χ4n) is 4.92. The maximum Gasteiger partial charge on any atom is 0.145 e. The normalized spacial score (nSPS) is 11.8. The van der Waals surface area contributed by atoms with E-state index < -0.39 is 0 Å². The van der Waals surface area contributed by atoms with Crippen LogP contribution in [0.1, 0.15) is 33.5 Å². The maximum atomic E-state index is 14.1. The van der Waals surface area contributed by atoms with Crippen LogP contribution in [0.3, 0.4) is 0 Å². The molecule has 2 aromatic heterocycles. The average molecular weight is 397 g/mol. The van der Waals surface area contributed by atoms with Crippen molar-refractivity contribution in [3.8, 4) is 11.3 Å². The summed E-state index contributed by atoms with van der Waals surface area (Å²) in [6.07, 6.45) is 0. The van der Waals surface area contributed by atoms with Crippen molar-refractivity contribution in [2.45, 2.75) is 41.5 Å². The van der Waals surface area contributed by atoms with Gasteiger partial charge in [0.05, 0.1) is 16.9 Å². The standard InChI is InChI=1S/C27H25FN2/c1-14-15(2)17(4)25(18(5)16(14)3)26-19(6)29-27-22-12-11-20(28)13-23(22)21-9-7-8-10-24(21)30(26)27/h7-13H,1-6H3. The van der Waals surface area contributed by atoms with E-state index in [4.69, 9.17) is 4.98 Å². The summed E-state index contributed by atoms with van der Waals surface area (Å²) < 4.78 is 16.4. The van der Waals surface area contributed by atoms with Gasteiger partial charge in [-0.2, -0.15) is 0 Å². The number of aromatic nitrogens is 2. The van der Waals surface area contributed by atoms with E-state index in [1.54, 1.807) is 6.07 Å². The second-order valence-corrected chi connectivity index (χ2v) is 8.41. The van der Waals surface area contributed by atoms with E-state index in [9.17, 15) is 4.39 Å². The summed E-state index contributed by atoms with van der Waals surface area (Å²) in [6, 6.07) is 13.2. The molecule has 30 heavy (non-hydrogen) atoms. The summed E-state index contributed by atoms with van der Waals surface area (Å²) in [6.45, 7) is 13.1. The third kappa shape index (κ3) is 2.38. The van der Waals surface area contributed by atoms with Gasteiger partial charge in [-0.05, 0) is 99.0 Å². The Hall–Kier alpha value is -3.20. The van der Waals surface area contributed by atoms with Crippen LogP contribution in [0, 0.1) is 47.4 Å². The summed E-state index contributed by atoms with van der Waals surface area (Å²) in [5.74, 6) is -0.225. The minimum Gasteiger partial charge on any atom is -0.291 e. The van der Waals surface area contributed by atoms with Gasteiger partial charge >= 0.3 is 0 Å². The number of pyridine rings is 1. The van der Waals surface area contributed by atoms with E-state index in [0.29, 0.717) is 0 Å². The second kappa shape index (κ2) is 6.40. The number of aryl methyl sites for hydroxylation is 1. The molecule has 0 radical (unpaired) electrons. The number of hydrogen-bond donors (Lipinski definition) is 0. The number of halogens is 1. The molecule has 0 atom stereocenters. The quantitative estimate of drug-likeness (QED) is 0.272. The Morgan fingerprint density at radius 2 is 1.33 bits per heavy atom. The number of nitrogens with zero attached hydrogens (tertiary/aromatic N) is 2. The highest BCUT2D eigenvalue weighted by atomic mass is 19.1. The van der Waals surface area contributed by atoms with Crippen LogP contribution in [0.25, 0.3) is 38.6 Å². The van der Waals surface area contributed by atoms with Gasteiger partial charge in [-0.15, -0.1) is 0 Å². The Kier molecular flexibility index (Phi) is 4.01. The molecule has 3 aromatic carbocycles. The summed E-state index contributed by atoms with van der Waals surface area (Å²) >= 11 is 0. The molecule has 0 aliphatic carbocycles. The first-order valence-corrected chi connectivity index (χ1v) is 10.4. The lowest BCUT2D eigenvalue weighted by Crippen LogP contribution is -2.03. The number of hydrogen-bond acceptors (Lipinski definition) is 1. The summed E-state index contributed by atoms with van der Waals surface area (Å²) in [7, 11) is 0. The first kappa shape index (κ1) is 18.8. The van der Waals surface area contributed by atoms with Crippen molar-refractivity contribution < 1.29 is 4.39 Å². The van der Waals surface area contributed by atoms with E-state index in [0.717, 1.165) is 38.7 Å². The van der Waals surface area contributed by atoms with E-state index >= 15 is 0 Å². The molecular formula is C27H25FN2. The first-order valence-electron chi connectivity index (χ1n) is 10.4. The molecule has 0 bridgehead atoms. The molecule has 2 heterocycles. The molecular weight excluding hydrogens is 371 g/mol. The Labute approximate surface area is 176 Å². The Morgan fingerprint density at radius 3 is 2.03 bits per heavy atom. The van der Waals surface area contributed by atoms with Gasteiger partial charge in [-0.3, -0.25) is 4.40 Å². The Balaban J connectivity index is 2.07. The largest absolute Gasteiger partial charge is 0.291 e. The van der Waals surface area contributed by atoms with Crippen LogP contribution in [0.4, 0.5) is 4.39 Å². The summed E-state index contributed by atoms with van der Waals surface area (Å²) in [5, 5.41) is 2.91. The first-order chi connectivity index (χ1) is 14.3. The van der Waals surface area contributed by atoms with Gasteiger partial charge in [0.15, 0.2) is 0 Å². The number of imidazole rings is 1. The van der Waals surface area contributed by atoms with Crippen molar-refractivity contribution in [1.82, 2.24) is 9.38 Å². The van der Waals surface area contributed by atoms with Crippen molar-refractivity contribution in [3.63, 3.8) is 0 Å². The van der Waals surface area contributed by atoms with Crippen LogP contribution in [-0.2, 0) is 0 Å². The molecule has 0 spiro atoms. The maximum absolute atomic E-state index is 14.1. The lowest BCUT2D eigenvalue weighted by atomic mass is 9.87. The fraction of sp³-hybridized carbons (Fsp3) is 0.222. The smallest absolute Gasteiger partial charge is 0.145 e. The topological polar surface area (TPSA) is 17.3 Å². The van der Waals surface area contributed by atoms with Crippen molar-refractivity contribution in [1.29, 1.82) is 0 Å². The lowest BCUT2D eigenvalue weighted by Gasteiger charge is -2.20. The van der Waals surface area contributed by atoms with E-state index in [1.165, 1.54) is 39.4 Å². The van der Waals surface area contributed by atoms with E-state index in [1.807, 2.05) is 18.2 Å². The summed E-state index contributed by atoms with van der Waals surface area (Å²) in [5.41, 5.74) is 11.9. The molecule has 0 saturated carbocycles. The molecule has 0 amide bonds. The van der Waals surface area contributed by atoms with E-state index in [2.05, 4.69) is 58.1 Å². The van der Waals surface area contributed by atoms with Crippen molar-refractivity contribution in [2.24, 2.45) is 0 Å². The zero-order chi connectivity index (χ0) is 21.3. The van der Waals surface area contributed by atoms with E-state index in [-0.39, 0.29) is 5.82 Å². The molecule has 0 N–H and O–H groups in total. The predicted octanol–water partition coefficient (Wildman–Crippen LogP) is 7.30. The van der Waals surface area contributed by atoms with Crippen LogP contribution in [0.15, 0.2) is 42.5 Å². The van der Waals surface area contributed by atoms with Gasteiger partial charge in [0.2, 0.25) is 0 Å². The molecule has 0 saturated heterocycles. The number of benzene rings is 3. The lowest BCUT2D eigenvalue weighted by molar-refractivity contribution is 0.630.